The average molecular weight is 258 g/mol. The van der Waals surface area contributed by atoms with Gasteiger partial charge in [-0.2, -0.15) is 0 Å². The standard InChI is InChI=1S/C16H22N2O/c1-4-8-17-9-11-18-10-7-14-12-15(19-13(2)3)5-6-16(14)18/h4-7,10,12-13,17H,1,8-9,11H2,2-3H3. The van der Waals surface area contributed by atoms with Crippen molar-refractivity contribution in [2.45, 2.75) is 26.5 Å². The molecule has 0 saturated heterocycles. The maximum atomic E-state index is 5.71. The summed E-state index contributed by atoms with van der Waals surface area (Å²) in [5.74, 6) is 0.935. The van der Waals surface area contributed by atoms with E-state index < -0.39 is 0 Å². The van der Waals surface area contributed by atoms with E-state index in [1.165, 1.54) is 10.9 Å². The molecule has 0 fully saturated rings. The molecule has 0 radical (unpaired) electrons. The Labute approximate surface area is 114 Å². The van der Waals surface area contributed by atoms with E-state index in [4.69, 9.17) is 4.74 Å². The van der Waals surface area contributed by atoms with Crippen molar-refractivity contribution < 1.29 is 4.74 Å². The van der Waals surface area contributed by atoms with Crippen LogP contribution in [0.15, 0.2) is 43.1 Å². The van der Waals surface area contributed by atoms with Crippen LogP contribution in [0.1, 0.15) is 13.8 Å². The van der Waals surface area contributed by atoms with Gasteiger partial charge >= 0.3 is 0 Å². The molecule has 1 heterocycles. The molecule has 1 aromatic carbocycles. The Kier molecular flexibility index (Phi) is 4.63. The molecule has 0 aliphatic heterocycles. The number of rotatable bonds is 7. The Morgan fingerprint density at radius 2 is 2.21 bits per heavy atom. The molecule has 3 heteroatoms. The summed E-state index contributed by atoms with van der Waals surface area (Å²) in [5, 5.41) is 4.54. The molecule has 2 aromatic rings. The maximum Gasteiger partial charge on any atom is 0.120 e. The number of hydrogen-bond acceptors (Lipinski definition) is 2. The third kappa shape index (κ3) is 3.61. The first-order valence-electron chi connectivity index (χ1n) is 6.78. The SMILES string of the molecule is C=CCNCCn1ccc2cc(OC(C)C)ccc21. The van der Waals surface area contributed by atoms with Crippen LogP contribution in [0.3, 0.4) is 0 Å². The summed E-state index contributed by atoms with van der Waals surface area (Å²) in [6, 6.07) is 8.40. The zero-order valence-electron chi connectivity index (χ0n) is 11.7. The Morgan fingerprint density at radius 3 is 2.95 bits per heavy atom. The molecular formula is C16H22N2O. The lowest BCUT2D eigenvalue weighted by Gasteiger charge is -2.10. The first-order chi connectivity index (χ1) is 9.20. The fourth-order valence-corrected chi connectivity index (χ4v) is 2.12. The monoisotopic (exact) mass is 258 g/mol. The van der Waals surface area contributed by atoms with Gasteiger partial charge in [-0.3, -0.25) is 0 Å². The molecule has 1 aromatic heterocycles. The molecule has 0 spiro atoms. The third-order valence-electron chi connectivity index (χ3n) is 2.93. The normalized spacial score (nSPS) is 11.1. The second-order valence-corrected chi connectivity index (χ2v) is 4.89. The summed E-state index contributed by atoms with van der Waals surface area (Å²) >= 11 is 0. The van der Waals surface area contributed by atoms with Crippen LogP contribution >= 0.6 is 0 Å². The van der Waals surface area contributed by atoms with Gasteiger partial charge < -0.3 is 14.6 Å². The predicted molar refractivity (Wildman–Crippen MR) is 80.8 cm³/mol. The Balaban J connectivity index is 2.08. The van der Waals surface area contributed by atoms with Crippen molar-refractivity contribution in [1.82, 2.24) is 9.88 Å². The minimum atomic E-state index is 0.211. The van der Waals surface area contributed by atoms with E-state index in [1.54, 1.807) is 0 Å². The number of ether oxygens (including phenoxy) is 1. The molecule has 0 aliphatic carbocycles. The molecule has 102 valence electrons. The van der Waals surface area contributed by atoms with E-state index in [0.717, 1.165) is 25.4 Å². The van der Waals surface area contributed by atoms with E-state index in [9.17, 15) is 0 Å². The smallest absolute Gasteiger partial charge is 0.120 e. The minimum absolute atomic E-state index is 0.211. The van der Waals surface area contributed by atoms with Crippen molar-refractivity contribution in [3.63, 3.8) is 0 Å². The molecule has 2 rings (SSSR count). The Bertz CT molecular complexity index is 543. The number of hydrogen-bond donors (Lipinski definition) is 1. The van der Waals surface area contributed by atoms with Crippen LogP contribution < -0.4 is 10.1 Å². The molecule has 0 unspecified atom stereocenters. The molecule has 19 heavy (non-hydrogen) atoms. The molecule has 1 N–H and O–H groups in total. The topological polar surface area (TPSA) is 26.2 Å². The van der Waals surface area contributed by atoms with Crippen molar-refractivity contribution in [3.05, 3.63) is 43.1 Å². The van der Waals surface area contributed by atoms with Crippen LogP contribution in [-0.4, -0.2) is 23.8 Å². The highest BCUT2D eigenvalue weighted by Gasteiger charge is 2.03. The van der Waals surface area contributed by atoms with Crippen LogP contribution in [0.2, 0.25) is 0 Å². The van der Waals surface area contributed by atoms with Crippen LogP contribution in [0.4, 0.5) is 0 Å². The summed E-state index contributed by atoms with van der Waals surface area (Å²) in [6.45, 7) is 10.5. The highest BCUT2D eigenvalue weighted by molar-refractivity contribution is 5.81. The van der Waals surface area contributed by atoms with Gasteiger partial charge in [-0.1, -0.05) is 6.08 Å². The van der Waals surface area contributed by atoms with Gasteiger partial charge in [0.1, 0.15) is 5.75 Å². The first-order valence-corrected chi connectivity index (χ1v) is 6.78. The van der Waals surface area contributed by atoms with Gasteiger partial charge in [-0.05, 0) is 38.1 Å². The number of benzene rings is 1. The van der Waals surface area contributed by atoms with E-state index in [2.05, 4.69) is 40.9 Å². The summed E-state index contributed by atoms with van der Waals surface area (Å²) in [6.07, 6.45) is 4.21. The number of fused-ring (bicyclic) bond motifs is 1. The summed E-state index contributed by atoms with van der Waals surface area (Å²) < 4.78 is 7.97. The second-order valence-electron chi connectivity index (χ2n) is 4.89. The van der Waals surface area contributed by atoms with E-state index in [-0.39, 0.29) is 6.10 Å². The zero-order chi connectivity index (χ0) is 13.7. The summed E-state index contributed by atoms with van der Waals surface area (Å²) in [7, 11) is 0. The average Bonchev–Trinajstić information content (AvgIpc) is 2.76. The van der Waals surface area contributed by atoms with Crippen molar-refractivity contribution in [3.8, 4) is 5.75 Å². The number of aromatic nitrogens is 1. The van der Waals surface area contributed by atoms with Crippen LogP contribution in [0, 0.1) is 0 Å². The van der Waals surface area contributed by atoms with E-state index in [0.29, 0.717) is 0 Å². The van der Waals surface area contributed by atoms with Gasteiger partial charge in [0.25, 0.3) is 0 Å². The number of nitrogens with zero attached hydrogens (tertiary/aromatic N) is 1. The van der Waals surface area contributed by atoms with Crippen molar-refractivity contribution in [2.75, 3.05) is 13.1 Å². The predicted octanol–water partition coefficient (Wildman–Crippen LogP) is 3.20. The van der Waals surface area contributed by atoms with E-state index in [1.807, 2.05) is 26.0 Å². The fourth-order valence-electron chi connectivity index (χ4n) is 2.12. The van der Waals surface area contributed by atoms with Gasteiger partial charge in [0.15, 0.2) is 0 Å². The summed E-state index contributed by atoms with van der Waals surface area (Å²) in [4.78, 5) is 0. The molecule has 0 aliphatic rings. The van der Waals surface area contributed by atoms with Crippen molar-refractivity contribution >= 4 is 10.9 Å². The molecule has 3 nitrogen and oxygen atoms in total. The Morgan fingerprint density at radius 1 is 1.37 bits per heavy atom. The van der Waals surface area contributed by atoms with Crippen molar-refractivity contribution in [1.29, 1.82) is 0 Å². The van der Waals surface area contributed by atoms with Crippen LogP contribution in [0.25, 0.3) is 10.9 Å². The van der Waals surface area contributed by atoms with E-state index >= 15 is 0 Å². The largest absolute Gasteiger partial charge is 0.491 e. The number of nitrogens with one attached hydrogen (secondary N) is 1. The lowest BCUT2D eigenvalue weighted by Crippen LogP contribution is -2.19. The van der Waals surface area contributed by atoms with Gasteiger partial charge in [-0.15, -0.1) is 6.58 Å². The van der Waals surface area contributed by atoms with Gasteiger partial charge in [-0.25, -0.2) is 0 Å². The Hall–Kier alpha value is -1.74. The van der Waals surface area contributed by atoms with Crippen LogP contribution in [-0.2, 0) is 6.54 Å². The second kappa shape index (κ2) is 6.43. The van der Waals surface area contributed by atoms with Gasteiger partial charge in [0.2, 0.25) is 0 Å². The minimum Gasteiger partial charge on any atom is -0.491 e. The quantitative estimate of drug-likeness (QED) is 0.609. The zero-order valence-corrected chi connectivity index (χ0v) is 11.7. The highest BCUT2D eigenvalue weighted by atomic mass is 16.5. The molecule has 0 saturated carbocycles. The molecule has 0 amide bonds. The fraction of sp³-hybridized carbons (Fsp3) is 0.375. The van der Waals surface area contributed by atoms with Gasteiger partial charge in [0, 0.05) is 36.7 Å². The molecule has 0 bridgehead atoms. The third-order valence-corrected chi connectivity index (χ3v) is 2.93. The molecule has 0 atom stereocenters. The van der Waals surface area contributed by atoms with Gasteiger partial charge in [0.05, 0.1) is 6.10 Å². The first kappa shape index (κ1) is 13.7. The highest BCUT2D eigenvalue weighted by Crippen LogP contribution is 2.22. The lowest BCUT2D eigenvalue weighted by molar-refractivity contribution is 0.243. The maximum absolute atomic E-state index is 5.71. The van der Waals surface area contributed by atoms with Crippen molar-refractivity contribution in [2.24, 2.45) is 0 Å². The summed E-state index contributed by atoms with van der Waals surface area (Å²) in [5.41, 5.74) is 1.25. The molecular weight excluding hydrogens is 236 g/mol. The van der Waals surface area contributed by atoms with Crippen LogP contribution in [0.5, 0.6) is 5.75 Å². The lowest BCUT2D eigenvalue weighted by atomic mass is 10.2.